The minimum absolute atomic E-state index is 0.350. The van der Waals surface area contributed by atoms with Crippen LogP contribution in [-0.4, -0.2) is 95.1 Å². The van der Waals surface area contributed by atoms with E-state index in [1.807, 2.05) is 0 Å². The maximum atomic E-state index is 12.8. The van der Waals surface area contributed by atoms with Crippen LogP contribution < -0.4 is 0 Å². The van der Waals surface area contributed by atoms with Gasteiger partial charge in [-0.15, -0.1) is 0 Å². The summed E-state index contributed by atoms with van der Waals surface area (Å²) in [5.74, 6) is -2.07. The number of amides is 2. The molecule has 0 radical (unpaired) electrons. The smallest absolute Gasteiger partial charge is 0.411 e. The normalized spacial score (nSPS) is 17.9. The number of carbonyl (C=O) groups excluding carboxylic acids is 6. The summed E-state index contributed by atoms with van der Waals surface area (Å²) in [6.07, 6.45) is 0.966. The van der Waals surface area contributed by atoms with Crippen molar-refractivity contribution in [3.63, 3.8) is 0 Å². The second kappa shape index (κ2) is 15.0. The molecule has 48 heavy (non-hydrogen) atoms. The van der Waals surface area contributed by atoms with E-state index < -0.39 is 60.6 Å². The lowest BCUT2D eigenvalue weighted by molar-refractivity contribution is -0.148. The first-order valence-electron chi connectivity index (χ1n) is 16.1. The predicted molar refractivity (Wildman–Crippen MR) is 174 cm³/mol. The van der Waals surface area contributed by atoms with Gasteiger partial charge in [-0.05, 0) is 78.4 Å². The summed E-state index contributed by atoms with van der Waals surface area (Å²) in [6.45, 7) is 10.3. The van der Waals surface area contributed by atoms with Crippen molar-refractivity contribution in [3.8, 4) is 11.1 Å². The van der Waals surface area contributed by atoms with Crippen LogP contribution in [0.1, 0.15) is 87.9 Å². The van der Waals surface area contributed by atoms with Crippen LogP contribution in [0.3, 0.4) is 0 Å². The third-order valence-electron chi connectivity index (χ3n) is 7.74. The van der Waals surface area contributed by atoms with Gasteiger partial charge in [0.2, 0.25) is 0 Å². The van der Waals surface area contributed by atoms with Gasteiger partial charge in [-0.3, -0.25) is 19.4 Å². The largest absolute Gasteiger partial charge is 0.456 e. The molecule has 2 aromatic carbocycles. The zero-order valence-electron chi connectivity index (χ0n) is 28.4. The highest BCUT2D eigenvalue weighted by atomic mass is 16.6. The standard InChI is InChI=1S/C36H44N2O10/c1-35(2,3)47-33(43)37-19-7-9-27(37)31(41)45-21-29(39)25-15-11-23(12-16-25)24-13-17-26(18-14-24)30(40)22-46-32(42)28-10-8-20-38(28)34(44)48-36(4,5)6/h11-18,27-28H,7-10,19-22H2,1-6H3. The summed E-state index contributed by atoms with van der Waals surface area (Å²) in [7, 11) is 0. The van der Waals surface area contributed by atoms with Gasteiger partial charge < -0.3 is 18.9 Å². The first kappa shape index (κ1) is 36.1. The van der Waals surface area contributed by atoms with Gasteiger partial charge in [-0.1, -0.05) is 48.5 Å². The summed E-state index contributed by atoms with van der Waals surface area (Å²) in [5, 5.41) is 0. The van der Waals surface area contributed by atoms with E-state index in [4.69, 9.17) is 18.9 Å². The Bertz CT molecular complexity index is 1400. The Labute approximate surface area is 280 Å². The van der Waals surface area contributed by atoms with Crippen molar-refractivity contribution in [2.24, 2.45) is 0 Å². The van der Waals surface area contributed by atoms with E-state index in [-0.39, 0.29) is 11.6 Å². The van der Waals surface area contributed by atoms with Gasteiger partial charge in [0.05, 0.1) is 0 Å². The lowest BCUT2D eigenvalue weighted by atomic mass is 10.0. The summed E-state index contributed by atoms with van der Waals surface area (Å²) in [4.78, 5) is 78.5. The summed E-state index contributed by atoms with van der Waals surface area (Å²) >= 11 is 0. The number of ketones is 2. The van der Waals surface area contributed by atoms with E-state index in [2.05, 4.69) is 0 Å². The minimum atomic E-state index is -0.793. The highest BCUT2D eigenvalue weighted by Gasteiger charge is 2.39. The van der Waals surface area contributed by atoms with Crippen molar-refractivity contribution in [2.75, 3.05) is 26.3 Å². The van der Waals surface area contributed by atoms with Gasteiger partial charge >= 0.3 is 24.1 Å². The maximum Gasteiger partial charge on any atom is 0.411 e. The van der Waals surface area contributed by atoms with Crippen LogP contribution in [0, 0.1) is 0 Å². The third-order valence-corrected chi connectivity index (χ3v) is 7.74. The molecular formula is C36H44N2O10. The first-order valence-corrected chi connectivity index (χ1v) is 16.1. The number of hydrogen-bond donors (Lipinski definition) is 0. The molecule has 2 saturated heterocycles. The molecule has 0 aliphatic carbocycles. The molecule has 4 rings (SSSR count). The molecule has 0 N–H and O–H groups in total. The van der Waals surface area contributed by atoms with Crippen LogP contribution in [0.5, 0.6) is 0 Å². The first-order chi connectivity index (χ1) is 22.5. The predicted octanol–water partition coefficient (Wildman–Crippen LogP) is 5.60. The van der Waals surface area contributed by atoms with E-state index in [0.29, 0.717) is 49.9 Å². The molecule has 12 nitrogen and oxygen atoms in total. The maximum absolute atomic E-state index is 12.8. The molecule has 2 aromatic rings. The van der Waals surface area contributed by atoms with E-state index in [1.54, 1.807) is 90.1 Å². The van der Waals surface area contributed by atoms with E-state index in [9.17, 15) is 28.8 Å². The number of benzene rings is 2. The molecule has 0 aromatic heterocycles. The molecule has 2 heterocycles. The monoisotopic (exact) mass is 664 g/mol. The number of rotatable bonds is 9. The average Bonchev–Trinajstić information content (AvgIpc) is 3.72. The van der Waals surface area contributed by atoms with Gasteiger partial charge in [-0.25, -0.2) is 19.2 Å². The second-order valence-electron chi connectivity index (χ2n) is 13.9. The second-order valence-corrected chi connectivity index (χ2v) is 13.9. The zero-order chi connectivity index (χ0) is 35.2. The number of esters is 2. The number of Topliss-reactive ketones (excluding diaryl/α,β-unsaturated/α-hetero) is 2. The van der Waals surface area contributed by atoms with Crippen molar-refractivity contribution in [1.29, 1.82) is 0 Å². The third kappa shape index (κ3) is 9.65. The molecule has 2 aliphatic heterocycles. The fourth-order valence-corrected chi connectivity index (χ4v) is 5.43. The van der Waals surface area contributed by atoms with Gasteiger partial charge in [0.1, 0.15) is 23.3 Å². The number of nitrogens with zero attached hydrogens (tertiary/aromatic N) is 2. The van der Waals surface area contributed by atoms with Crippen molar-refractivity contribution in [2.45, 2.75) is 90.5 Å². The summed E-state index contributed by atoms with van der Waals surface area (Å²) in [6, 6.07) is 11.9. The Morgan fingerprint density at radius 2 is 0.917 bits per heavy atom. The number of likely N-dealkylation sites (tertiary alicyclic amines) is 2. The van der Waals surface area contributed by atoms with Gasteiger partial charge in [-0.2, -0.15) is 0 Å². The lowest BCUT2D eigenvalue weighted by Crippen LogP contribution is -2.44. The minimum Gasteiger partial charge on any atom is -0.456 e. The van der Waals surface area contributed by atoms with Gasteiger partial charge in [0, 0.05) is 24.2 Å². The van der Waals surface area contributed by atoms with Gasteiger partial charge in [0.15, 0.2) is 24.8 Å². The Morgan fingerprint density at radius 3 is 1.23 bits per heavy atom. The van der Waals surface area contributed by atoms with Crippen LogP contribution in [0.2, 0.25) is 0 Å². The molecule has 258 valence electrons. The number of carbonyl (C=O) groups is 6. The average molecular weight is 665 g/mol. The fourth-order valence-electron chi connectivity index (χ4n) is 5.43. The SMILES string of the molecule is CC(C)(C)OC(=O)N1CCCC1C(=O)OCC(=O)c1ccc(-c2ccc(C(=O)COC(=O)C3CCCN3C(=O)OC(C)(C)C)cc2)cc1. The zero-order valence-corrected chi connectivity index (χ0v) is 28.4. The number of hydrogen-bond acceptors (Lipinski definition) is 10. The molecule has 2 atom stereocenters. The van der Waals surface area contributed by atoms with Crippen molar-refractivity contribution < 1.29 is 47.7 Å². The molecule has 0 saturated carbocycles. The molecule has 12 heteroatoms. The van der Waals surface area contributed by atoms with Crippen molar-refractivity contribution in [3.05, 3.63) is 59.7 Å². The Kier molecular flexibility index (Phi) is 11.3. The van der Waals surface area contributed by atoms with Gasteiger partial charge in [0.25, 0.3) is 0 Å². The van der Waals surface area contributed by atoms with Crippen LogP contribution in [0.15, 0.2) is 48.5 Å². The van der Waals surface area contributed by atoms with E-state index in [0.717, 1.165) is 11.1 Å². The van der Waals surface area contributed by atoms with Crippen LogP contribution in [0.4, 0.5) is 9.59 Å². The van der Waals surface area contributed by atoms with Crippen molar-refractivity contribution in [1.82, 2.24) is 9.80 Å². The van der Waals surface area contributed by atoms with E-state index >= 15 is 0 Å². The lowest BCUT2D eigenvalue weighted by Gasteiger charge is -2.27. The van der Waals surface area contributed by atoms with Crippen molar-refractivity contribution >= 4 is 35.7 Å². The van der Waals surface area contributed by atoms with E-state index in [1.165, 1.54) is 9.80 Å². The van der Waals surface area contributed by atoms with Crippen LogP contribution in [-0.2, 0) is 28.5 Å². The topological polar surface area (TPSA) is 146 Å². The highest BCUT2D eigenvalue weighted by Crippen LogP contribution is 2.25. The Morgan fingerprint density at radius 1 is 0.583 bits per heavy atom. The Hall–Kier alpha value is -4.74. The molecule has 2 amide bonds. The van der Waals surface area contributed by atoms with Crippen LogP contribution in [0.25, 0.3) is 11.1 Å². The number of ether oxygens (including phenoxy) is 4. The molecule has 2 unspecified atom stereocenters. The molecule has 2 fully saturated rings. The molecule has 0 bridgehead atoms. The van der Waals surface area contributed by atoms with Crippen LogP contribution >= 0.6 is 0 Å². The summed E-state index contributed by atoms with van der Waals surface area (Å²) in [5.41, 5.74) is 0.882. The molecule has 0 spiro atoms. The highest BCUT2D eigenvalue weighted by molar-refractivity contribution is 5.99. The quantitative estimate of drug-likeness (QED) is 0.189. The molecule has 2 aliphatic rings. The fraction of sp³-hybridized carbons (Fsp3) is 0.500. The summed E-state index contributed by atoms with van der Waals surface area (Å²) < 4.78 is 21.3. The molecular weight excluding hydrogens is 620 g/mol. The Balaban J connectivity index is 1.26.